The van der Waals surface area contributed by atoms with E-state index in [1.54, 1.807) is 7.11 Å². The summed E-state index contributed by atoms with van der Waals surface area (Å²) in [5.74, 6) is 0.891. The lowest BCUT2D eigenvalue weighted by Crippen LogP contribution is -2.39. The topological polar surface area (TPSA) is 63.2 Å². The number of carbonyl (C=O) groups is 1. The van der Waals surface area contributed by atoms with Crippen LogP contribution in [0.4, 0.5) is 4.39 Å². The highest BCUT2D eigenvalue weighted by Crippen LogP contribution is 2.29. The highest BCUT2D eigenvalue weighted by Gasteiger charge is 2.25. The molecule has 3 aromatic rings. The van der Waals surface area contributed by atoms with Gasteiger partial charge in [0, 0.05) is 18.0 Å². The molecule has 1 N–H and O–H groups in total. The number of hydrogen-bond acceptors (Lipinski definition) is 5. The summed E-state index contributed by atoms with van der Waals surface area (Å²) < 4.78 is 24.5. The third-order valence-electron chi connectivity index (χ3n) is 6.43. The van der Waals surface area contributed by atoms with Crippen LogP contribution in [0.5, 0.6) is 11.5 Å². The van der Waals surface area contributed by atoms with Crippen LogP contribution in [0, 0.1) is 11.7 Å². The summed E-state index contributed by atoms with van der Waals surface area (Å²) in [6.45, 7) is 4.70. The van der Waals surface area contributed by atoms with Crippen molar-refractivity contribution in [3.05, 3.63) is 95.3 Å². The molecule has 188 valence electrons. The zero-order valence-corrected chi connectivity index (χ0v) is 20.7. The van der Waals surface area contributed by atoms with Gasteiger partial charge in [-0.1, -0.05) is 42.5 Å². The van der Waals surface area contributed by atoms with E-state index in [0.717, 1.165) is 49.2 Å². The van der Waals surface area contributed by atoms with Crippen LogP contribution in [0.3, 0.4) is 0 Å². The molecule has 1 aliphatic heterocycles. The molecule has 0 saturated carbocycles. The van der Waals surface area contributed by atoms with Gasteiger partial charge in [-0.05, 0) is 74.3 Å². The molecular weight excluding hydrogens is 457 g/mol. The summed E-state index contributed by atoms with van der Waals surface area (Å²) in [7, 11) is 1.60. The van der Waals surface area contributed by atoms with Gasteiger partial charge in [-0.15, -0.1) is 0 Å². The van der Waals surface area contributed by atoms with Crippen molar-refractivity contribution < 1.29 is 18.7 Å². The molecule has 0 aliphatic carbocycles. The average molecular weight is 490 g/mol. The third kappa shape index (κ3) is 6.92. The Kier molecular flexibility index (Phi) is 8.68. The Morgan fingerprint density at radius 1 is 1.00 bits per heavy atom. The first-order valence-corrected chi connectivity index (χ1v) is 12.2. The average Bonchev–Trinajstić information content (AvgIpc) is 2.92. The minimum absolute atomic E-state index is 0.0643. The van der Waals surface area contributed by atoms with Crippen LogP contribution < -0.4 is 14.9 Å². The second kappa shape index (κ2) is 12.3. The number of methoxy groups -OCH3 is 1. The fourth-order valence-corrected chi connectivity index (χ4v) is 4.24. The van der Waals surface area contributed by atoms with Crippen molar-refractivity contribution in [3.8, 4) is 11.5 Å². The van der Waals surface area contributed by atoms with Gasteiger partial charge in [-0.3, -0.25) is 9.69 Å². The number of hydrazone groups is 1. The number of piperidine rings is 1. The van der Waals surface area contributed by atoms with E-state index in [1.165, 1.54) is 12.1 Å². The quantitative estimate of drug-likeness (QED) is 0.333. The number of benzene rings is 3. The van der Waals surface area contributed by atoms with E-state index < -0.39 is 0 Å². The molecule has 7 heteroatoms. The maximum Gasteiger partial charge on any atom is 0.243 e. The van der Waals surface area contributed by atoms with E-state index in [1.807, 2.05) is 67.6 Å². The Morgan fingerprint density at radius 3 is 2.42 bits per heavy atom. The monoisotopic (exact) mass is 489 g/mol. The van der Waals surface area contributed by atoms with Crippen LogP contribution in [-0.2, 0) is 17.9 Å². The first kappa shape index (κ1) is 25.4. The fraction of sp³-hybridized carbons (Fsp3) is 0.310. The number of nitrogens with zero attached hydrogens (tertiary/aromatic N) is 2. The first-order chi connectivity index (χ1) is 17.5. The van der Waals surface area contributed by atoms with Crippen LogP contribution in [0.15, 0.2) is 77.9 Å². The molecule has 0 atom stereocenters. The highest BCUT2D eigenvalue weighted by molar-refractivity contribution is 5.99. The Balaban J connectivity index is 1.28. The largest absolute Gasteiger partial charge is 0.493 e. The summed E-state index contributed by atoms with van der Waals surface area (Å²) in [4.78, 5) is 15.0. The second-order valence-corrected chi connectivity index (χ2v) is 8.99. The van der Waals surface area contributed by atoms with Gasteiger partial charge in [0.25, 0.3) is 0 Å². The molecule has 0 spiro atoms. The maximum atomic E-state index is 13.1. The van der Waals surface area contributed by atoms with Gasteiger partial charge in [-0.2, -0.15) is 5.10 Å². The molecule has 1 saturated heterocycles. The van der Waals surface area contributed by atoms with Crippen LogP contribution in [0.25, 0.3) is 0 Å². The normalized spacial score (nSPS) is 14.9. The van der Waals surface area contributed by atoms with Gasteiger partial charge in [0.1, 0.15) is 12.4 Å². The predicted octanol–water partition coefficient (Wildman–Crippen LogP) is 5.17. The van der Waals surface area contributed by atoms with Gasteiger partial charge in [0.05, 0.1) is 12.8 Å². The third-order valence-corrected chi connectivity index (χ3v) is 6.43. The lowest BCUT2D eigenvalue weighted by Gasteiger charge is -2.30. The second-order valence-electron chi connectivity index (χ2n) is 8.99. The molecule has 0 bridgehead atoms. The summed E-state index contributed by atoms with van der Waals surface area (Å²) in [5, 5.41) is 4.33. The number of likely N-dealkylation sites (tertiary alicyclic amines) is 1. The van der Waals surface area contributed by atoms with E-state index in [-0.39, 0.29) is 17.6 Å². The van der Waals surface area contributed by atoms with Gasteiger partial charge >= 0.3 is 0 Å². The van der Waals surface area contributed by atoms with E-state index in [9.17, 15) is 9.18 Å². The van der Waals surface area contributed by atoms with Crippen molar-refractivity contribution in [1.29, 1.82) is 0 Å². The van der Waals surface area contributed by atoms with Crippen LogP contribution >= 0.6 is 0 Å². The van der Waals surface area contributed by atoms with E-state index in [0.29, 0.717) is 23.8 Å². The van der Waals surface area contributed by atoms with Gasteiger partial charge in [0.2, 0.25) is 5.91 Å². The Bertz CT molecular complexity index is 1170. The zero-order chi connectivity index (χ0) is 25.3. The minimum atomic E-state index is -0.226. The Morgan fingerprint density at radius 2 is 1.72 bits per heavy atom. The van der Waals surface area contributed by atoms with E-state index >= 15 is 0 Å². The summed E-state index contributed by atoms with van der Waals surface area (Å²) in [6.07, 6.45) is 1.53. The molecule has 1 aliphatic rings. The summed E-state index contributed by atoms with van der Waals surface area (Å²) in [5.41, 5.74) is 6.41. The van der Waals surface area contributed by atoms with Crippen molar-refractivity contribution in [2.45, 2.75) is 32.9 Å². The maximum absolute atomic E-state index is 13.1. The Hall–Kier alpha value is -3.71. The molecule has 4 rings (SSSR count). The van der Waals surface area contributed by atoms with E-state index in [4.69, 9.17) is 9.47 Å². The number of hydrogen-bond donors (Lipinski definition) is 1. The molecule has 0 aromatic heterocycles. The fourth-order valence-electron chi connectivity index (χ4n) is 4.24. The molecule has 1 fully saturated rings. The number of ether oxygens (including phenoxy) is 2. The molecule has 36 heavy (non-hydrogen) atoms. The molecular formula is C29H32FN3O3. The molecule has 0 unspecified atom stereocenters. The van der Waals surface area contributed by atoms with Crippen molar-refractivity contribution in [2.24, 2.45) is 11.0 Å². The molecule has 3 aromatic carbocycles. The molecule has 6 nitrogen and oxygen atoms in total. The van der Waals surface area contributed by atoms with Crippen molar-refractivity contribution in [1.82, 2.24) is 10.3 Å². The van der Waals surface area contributed by atoms with Crippen molar-refractivity contribution in [2.75, 3.05) is 20.2 Å². The van der Waals surface area contributed by atoms with Gasteiger partial charge in [-0.25, -0.2) is 9.82 Å². The van der Waals surface area contributed by atoms with Gasteiger partial charge < -0.3 is 9.47 Å². The van der Waals surface area contributed by atoms with Crippen molar-refractivity contribution in [3.63, 3.8) is 0 Å². The minimum Gasteiger partial charge on any atom is -0.493 e. The SMILES string of the molecule is COc1cc(C(C)=NNC(=O)C2CCN(Cc3ccc(F)cc3)CC2)ccc1OCc1ccccc1. The molecule has 0 radical (unpaired) electrons. The number of halogens is 1. The number of rotatable bonds is 9. The van der Waals surface area contributed by atoms with Crippen molar-refractivity contribution >= 4 is 11.6 Å². The number of amides is 1. The van der Waals surface area contributed by atoms with Gasteiger partial charge in [0.15, 0.2) is 11.5 Å². The van der Waals surface area contributed by atoms with Crippen LogP contribution in [-0.4, -0.2) is 36.7 Å². The lowest BCUT2D eigenvalue weighted by molar-refractivity contribution is -0.126. The number of carbonyl (C=O) groups excluding carboxylic acids is 1. The standard InChI is InChI=1S/C29H32FN3O3/c1-21(25-10-13-27(28(18-25)35-2)36-20-23-6-4-3-5-7-23)31-32-29(34)24-14-16-33(17-15-24)19-22-8-11-26(30)12-9-22/h3-13,18,24H,14-17,19-20H2,1-2H3,(H,32,34). The zero-order valence-electron chi connectivity index (χ0n) is 20.7. The van der Waals surface area contributed by atoms with E-state index in [2.05, 4.69) is 15.4 Å². The smallest absolute Gasteiger partial charge is 0.243 e. The first-order valence-electron chi connectivity index (χ1n) is 12.2. The lowest BCUT2D eigenvalue weighted by atomic mass is 9.96. The van der Waals surface area contributed by atoms with Crippen LogP contribution in [0.1, 0.15) is 36.5 Å². The number of nitrogens with one attached hydrogen (secondary N) is 1. The van der Waals surface area contributed by atoms with Crippen LogP contribution in [0.2, 0.25) is 0 Å². The molecule has 1 amide bonds. The summed E-state index contributed by atoms with van der Waals surface area (Å²) >= 11 is 0. The predicted molar refractivity (Wildman–Crippen MR) is 139 cm³/mol. The highest BCUT2D eigenvalue weighted by atomic mass is 19.1. The molecule has 1 heterocycles. The summed E-state index contributed by atoms with van der Waals surface area (Å²) in [6, 6.07) is 22.1. The Labute approximate surface area is 211 Å².